The van der Waals surface area contributed by atoms with Gasteiger partial charge in [0.1, 0.15) is 0 Å². The zero-order chi connectivity index (χ0) is 9.35. The van der Waals surface area contributed by atoms with Crippen LogP contribution in [-0.4, -0.2) is 13.0 Å². The van der Waals surface area contributed by atoms with Gasteiger partial charge in [0.15, 0.2) is 0 Å². The maximum atomic E-state index is 10.6. The van der Waals surface area contributed by atoms with Crippen molar-refractivity contribution in [3.8, 4) is 0 Å². The van der Waals surface area contributed by atoms with Gasteiger partial charge in [-0.25, -0.2) is 0 Å². The van der Waals surface area contributed by atoms with Gasteiger partial charge < -0.3 is 5.73 Å². The van der Waals surface area contributed by atoms with Gasteiger partial charge >= 0.3 is 0 Å². The molecule has 0 saturated carbocycles. The van der Waals surface area contributed by atoms with Crippen LogP contribution < -0.4 is 5.73 Å². The Hall–Kier alpha value is -0.340. The summed E-state index contributed by atoms with van der Waals surface area (Å²) in [5, 5.41) is 0. The van der Waals surface area contributed by atoms with Crippen LogP contribution in [0.1, 0.15) is 0 Å². The fraction of sp³-hybridized carbons (Fsp3) is 0. The second-order valence-corrected chi connectivity index (χ2v) is 4.74. The van der Waals surface area contributed by atoms with E-state index in [1.807, 2.05) is 22.6 Å². The van der Waals surface area contributed by atoms with Gasteiger partial charge in [-0.3, -0.25) is 4.55 Å². The van der Waals surface area contributed by atoms with Crippen LogP contribution in [0.2, 0.25) is 0 Å². The van der Waals surface area contributed by atoms with Crippen LogP contribution in [0, 0.1) is 3.57 Å². The first-order valence-electron chi connectivity index (χ1n) is 2.94. The van der Waals surface area contributed by atoms with Crippen LogP contribution in [0.4, 0.5) is 5.69 Å². The minimum Gasteiger partial charge on any atom is -0.398 e. The number of rotatable bonds is 1. The molecule has 0 unspecified atom stereocenters. The first-order valence-corrected chi connectivity index (χ1v) is 5.45. The molecule has 1 rings (SSSR count). The summed E-state index contributed by atoms with van der Waals surface area (Å²) in [7, 11) is -4.13. The highest BCUT2D eigenvalue weighted by Crippen LogP contribution is 2.18. The number of halogens is 1. The fourth-order valence-corrected chi connectivity index (χ4v) is 1.53. The topological polar surface area (TPSA) is 80.4 Å². The molecule has 1 aromatic rings. The third-order valence-corrected chi connectivity index (χ3v) is 3.10. The second kappa shape index (κ2) is 3.19. The van der Waals surface area contributed by atoms with Crippen molar-refractivity contribution < 1.29 is 13.0 Å². The van der Waals surface area contributed by atoms with Crippen molar-refractivity contribution in [1.29, 1.82) is 0 Å². The van der Waals surface area contributed by atoms with Crippen LogP contribution in [0.25, 0.3) is 0 Å². The van der Waals surface area contributed by atoms with Crippen LogP contribution in [0.15, 0.2) is 23.1 Å². The summed E-state index contributed by atoms with van der Waals surface area (Å²) in [4.78, 5) is -0.180. The monoisotopic (exact) mass is 299 g/mol. The van der Waals surface area contributed by atoms with Gasteiger partial charge in [0, 0.05) is 9.26 Å². The van der Waals surface area contributed by atoms with E-state index < -0.39 is 10.1 Å². The van der Waals surface area contributed by atoms with Crippen molar-refractivity contribution in [2.75, 3.05) is 5.73 Å². The van der Waals surface area contributed by atoms with Gasteiger partial charge in [0.2, 0.25) is 0 Å². The molecule has 6 heteroatoms. The zero-order valence-corrected chi connectivity index (χ0v) is 8.83. The third-order valence-electron chi connectivity index (χ3n) is 1.27. The van der Waals surface area contributed by atoms with Gasteiger partial charge in [-0.15, -0.1) is 0 Å². The summed E-state index contributed by atoms with van der Waals surface area (Å²) < 4.78 is 30.6. The van der Waals surface area contributed by atoms with E-state index in [1.165, 1.54) is 18.2 Å². The molecule has 0 aromatic heterocycles. The Bertz CT molecular complexity index is 401. The number of hydrogen-bond acceptors (Lipinski definition) is 3. The number of hydrogen-bond donors (Lipinski definition) is 2. The first kappa shape index (κ1) is 9.75. The molecule has 0 radical (unpaired) electrons. The Kier molecular flexibility index (Phi) is 2.59. The quantitative estimate of drug-likeness (QED) is 0.462. The summed E-state index contributed by atoms with van der Waals surface area (Å²) in [6.45, 7) is 0. The smallest absolute Gasteiger partial charge is 0.294 e. The number of nitrogen functional groups attached to an aromatic ring is 1. The molecule has 0 fully saturated rings. The third kappa shape index (κ3) is 2.08. The van der Waals surface area contributed by atoms with Crippen LogP contribution in [-0.2, 0) is 10.1 Å². The highest BCUT2D eigenvalue weighted by molar-refractivity contribution is 14.1. The van der Waals surface area contributed by atoms with E-state index in [1.54, 1.807) is 0 Å². The zero-order valence-electron chi connectivity index (χ0n) is 5.86. The van der Waals surface area contributed by atoms with Gasteiger partial charge in [-0.2, -0.15) is 8.42 Å². The molecule has 0 heterocycles. The molecule has 0 saturated heterocycles. The number of benzene rings is 1. The van der Waals surface area contributed by atoms with Crippen molar-refractivity contribution >= 4 is 38.4 Å². The number of nitrogens with two attached hydrogens (primary N) is 1. The first-order chi connectivity index (χ1) is 5.41. The molecule has 0 aliphatic carbocycles. The summed E-state index contributed by atoms with van der Waals surface area (Å²) in [6, 6.07) is 4.05. The van der Waals surface area contributed by atoms with E-state index >= 15 is 0 Å². The second-order valence-electron chi connectivity index (χ2n) is 2.16. The van der Waals surface area contributed by atoms with Crippen LogP contribution >= 0.6 is 22.6 Å². The molecule has 0 aliphatic heterocycles. The molecule has 0 aliphatic rings. The van der Waals surface area contributed by atoms with Crippen molar-refractivity contribution in [3.63, 3.8) is 0 Å². The Balaban J connectivity index is 3.33. The largest absolute Gasteiger partial charge is 0.398 e. The van der Waals surface area contributed by atoms with Crippen molar-refractivity contribution in [1.82, 2.24) is 0 Å². The minimum absolute atomic E-state index is 0.180. The maximum absolute atomic E-state index is 10.6. The molecule has 0 amide bonds. The molecular formula is C6H6INO3S. The normalized spacial score (nSPS) is 11.5. The number of anilines is 1. The highest BCUT2D eigenvalue weighted by Gasteiger charge is 2.09. The van der Waals surface area contributed by atoms with Crippen LogP contribution in [0.3, 0.4) is 0 Å². The fourth-order valence-electron chi connectivity index (χ4n) is 0.682. The SMILES string of the molecule is Nc1cc(S(=O)(=O)O)ccc1I. The van der Waals surface area contributed by atoms with Crippen molar-refractivity contribution in [2.45, 2.75) is 4.90 Å². The molecular weight excluding hydrogens is 293 g/mol. The Morgan fingerprint density at radius 3 is 2.42 bits per heavy atom. The predicted octanol–water partition coefficient (Wildman–Crippen LogP) is 1.12. The van der Waals surface area contributed by atoms with E-state index in [0.29, 0.717) is 5.69 Å². The van der Waals surface area contributed by atoms with E-state index in [0.717, 1.165) is 3.57 Å². The van der Waals surface area contributed by atoms with Crippen molar-refractivity contribution in [3.05, 3.63) is 21.8 Å². The minimum atomic E-state index is -4.13. The maximum Gasteiger partial charge on any atom is 0.294 e. The Labute approximate surface area is 83.7 Å². The van der Waals surface area contributed by atoms with E-state index in [-0.39, 0.29) is 4.90 Å². The van der Waals surface area contributed by atoms with Crippen LogP contribution in [0.5, 0.6) is 0 Å². The average molecular weight is 299 g/mol. The molecule has 0 atom stereocenters. The van der Waals surface area contributed by atoms with Gasteiger partial charge in [0.05, 0.1) is 4.90 Å². The molecule has 1 aromatic carbocycles. The summed E-state index contributed by atoms with van der Waals surface area (Å²) in [5.74, 6) is 0. The average Bonchev–Trinajstić information content (AvgIpc) is 1.92. The lowest BCUT2D eigenvalue weighted by Gasteiger charge is -2.00. The van der Waals surface area contributed by atoms with Crippen molar-refractivity contribution in [2.24, 2.45) is 0 Å². The molecule has 0 spiro atoms. The molecule has 3 N–H and O–H groups in total. The summed E-state index contributed by atoms with van der Waals surface area (Å²) >= 11 is 1.97. The lowest BCUT2D eigenvalue weighted by atomic mass is 10.3. The van der Waals surface area contributed by atoms with Gasteiger partial charge in [0.25, 0.3) is 10.1 Å². The lowest BCUT2D eigenvalue weighted by Crippen LogP contribution is -2.00. The van der Waals surface area contributed by atoms with E-state index in [2.05, 4.69) is 0 Å². The Morgan fingerprint density at radius 1 is 1.42 bits per heavy atom. The van der Waals surface area contributed by atoms with E-state index in [4.69, 9.17) is 10.3 Å². The predicted molar refractivity (Wildman–Crippen MR) is 53.4 cm³/mol. The van der Waals surface area contributed by atoms with Gasteiger partial charge in [-0.05, 0) is 40.8 Å². The molecule has 0 bridgehead atoms. The summed E-state index contributed by atoms with van der Waals surface area (Å²) in [6.07, 6.45) is 0. The lowest BCUT2D eigenvalue weighted by molar-refractivity contribution is 0.483. The Morgan fingerprint density at radius 2 is 2.00 bits per heavy atom. The summed E-state index contributed by atoms with van der Waals surface area (Å²) in [5.41, 5.74) is 5.77. The standard InChI is InChI=1S/C6H6INO3S/c7-5-2-1-4(3-6(5)8)12(9,10)11/h1-3H,8H2,(H,9,10,11). The molecule has 12 heavy (non-hydrogen) atoms. The highest BCUT2D eigenvalue weighted by atomic mass is 127. The molecule has 66 valence electrons. The molecule has 4 nitrogen and oxygen atoms in total. The van der Waals surface area contributed by atoms with E-state index in [9.17, 15) is 8.42 Å². The van der Waals surface area contributed by atoms with Gasteiger partial charge in [-0.1, -0.05) is 0 Å².